The van der Waals surface area contributed by atoms with Crippen molar-refractivity contribution in [2.24, 2.45) is 5.41 Å². The fourth-order valence-electron chi connectivity index (χ4n) is 2.46. The van der Waals surface area contributed by atoms with E-state index in [0.29, 0.717) is 11.7 Å². The summed E-state index contributed by atoms with van der Waals surface area (Å²) in [6.07, 6.45) is 4.39. The molecular weight excluding hydrogens is 242 g/mol. The molecule has 5 nitrogen and oxygen atoms in total. The zero-order valence-electron chi connectivity index (χ0n) is 11.4. The van der Waals surface area contributed by atoms with Crippen LogP contribution in [0.15, 0.2) is 10.9 Å². The highest BCUT2D eigenvalue weighted by molar-refractivity contribution is 5.34. The maximum absolute atomic E-state index is 11.6. The normalized spacial score (nSPS) is 22.2. The van der Waals surface area contributed by atoms with E-state index in [2.05, 4.69) is 22.2 Å². The zero-order valence-corrected chi connectivity index (χ0v) is 11.4. The molecule has 0 radical (unpaired) electrons. The first-order chi connectivity index (χ1) is 9.15. The molecule has 104 valence electrons. The van der Waals surface area contributed by atoms with Crippen molar-refractivity contribution in [3.63, 3.8) is 0 Å². The highest BCUT2D eigenvalue weighted by Crippen LogP contribution is 2.37. The first-order valence-corrected chi connectivity index (χ1v) is 7.08. The molecule has 0 atom stereocenters. The van der Waals surface area contributed by atoms with Gasteiger partial charge in [0.15, 0.2) is 0 Å². The fourth-order valence-corrected chi connectivity index (χ4v) is 2.46. The third-order valence-corrected chi connectivity index (χ3v) is 4.12. The van der Waals surface area contributed by atoms with Crippen molar-refractivity contribution in [1.82, 2.24) is 9.97 Å². The lowest BCUT2D eigenvalue weighted by atomic mass is 9.82. The Kier molecular flexibility index (Phi) is 3.31. The monoisotopic (exact) mass is 263 g/mol. The summed E-state index contributed by atoms with van der Waals surface area (Å²) in [7, 11) is 0. The van der Waals surface area contributed by atoms with Crippen molar-refractivity contribution in [3.05, 3.63) is 22.2 Å². The van der Waals surface area contributed by atoms with Gasteiger partial charge in [-0.05, 0) is 31.1 Å². The van der Waals surface area contributed by atoms with Crippen molar-refractivity contribution < 1.29 is 4.74 Å². The molecule has 1 aliphatic heterocycles. The molecule has 0 bridgehead atoms. The molecule has 0 aromatic carbocycles. The molecule has 2 aliphatic rings. The molecule has 0 spiro atoms. The number of rotatable bonds is 4. The van der Waals surface area contributed by atoms with E-state index in [4.69, 9.17) is 4.74 Å². The Morgan fingerprint density at radius 2 is 2.21 bits per heavy atom. The minimum absolute atomic E-state index is 0.0588. The summed E-state index contributed by atoms with van der Waals surface area (Å²) in [6.45, 7) is 4.76. The van der Waals surface area contributed by atoms with Crippen molar-refractivity contribution >= 4 is 5.82 Å². The summed E-state index contributed by atoms with van der Waals surface area (Å²) < 4.78 is 5.40. The van der Waals surface area contributed by atoms with Crippen molar-refractivity contribution in [2.75, 3.05) is 25.1 Å². The van der Waals surface area contributed by atoms with Crippen LogP contribution in [0, 0.1) is 5.41 Å². The largest absolute Gasteiger partial charge is 0.381 e. The second-order valence-electron chi connectivity index (χ2n) is 6.07. The van der Waals surface area contributed by atoms with E-state index in [1.54, 1.807) is 6.07 Å². The number of hydrogen-bond donors (Lipinski definition) is 2. The Hall–Kier alpha value is -1.36. The van der Waals surface area contributed by atoms with Crippen molar-refractivity contribution in [2.45, 2.75) is 38.5 Å². The third-order valence-electron chi connectivity index (χ3n) is 4.12. The highest BCUT2D eigenvalue weighted by atomic mass is 16.5. The summed E-state index contributed by atoms with van der Waals surface area (Å²) in [6, 6.07) is 1.55. The molecule has 5 heteroatoms. The molecule has 2 heterocycles. The molecule has 2 N–H and O–H groups in total. The van der Waals surface area contributed by atoms with Gasteiger partial charge in [-0.15, -0.1) is 0 Å². The Bertz CT molecular complexity index is 502. The van der Waals surface area contributed by atoms with Crippen LogP contribution >= 0.6 is 0 Å². The van der Waals surface area contributed by atoms with Gasteiger partial charge >= 0.3 is 0 Å². The van der Waals surface area contributed by atoms with Crippen molar-refractivity contribution in [1.29, 1.82) is 0 Å². The van der Waals surface area contributed by atoms with Gasteiger partial charge in [0.2, 0.25) is 0 Å². The SMILES string of the molecule is CC1(CNc2cc(=O)[nH]c(C3CC3)n2)CCOCC1. The summed E-state index contributed by atoms with van der Waals surface area (Å²) in [5.41, 5.74) is 0.180. The zero-order chi connectivity index (χ0) is 13.3. The van der Waals surface area contributed by atoms with Gasteiger partial charge in [0.1, 0.15) is 11.6 Å². The molecule has 2 fully saturated rings. The number of anilines is 1. The van der Waals surface area contributed by atoms with Gasteiger partial charge in [0.25, 0.3) is 5.56 Å². The Morgan fingerprint density at radius 1 is 1.47 bits per heavy atom. The predicted molar refractivity (Wildman–Crippen MR) is 73.5 cm³/mol. The minimum atomic E-state index is -0.0588. The second kappa shape index (κ2) is 4.96. The van der Waals surface area contributed by atoms with E-state index >= 15 is 0 Å². The van der Waals surface area contributed by atoms with Crippen molar-refractivity contribution in [3.8, 4) is 0 Å². The lowest BCUT2D eigenvalue weighted by Crippen LogP contribution is -2.33. The van der Waals surface area contributed by atoms with E-state index in [0.717, 1.165) is 51.3 Å². The van der Waals surface area contributed by atoms with Crippen LogP contribution in [0.5, 0.6) is 0 Å². The quantitative estimate of drug-likeness (QED) is 0.870. The number of hydrogen-bond acceptors (Lipinski definition) is 4. The summed E-state index contributed by atoms with van der Waals surface area (Å²) >= 11 is 0. The lowest BCUT2D eigenvalue weighted by Gasteiger charge is -2.33. The molecule has 1 aromatic heterocycles. The summed E-state index contributed by atoms with van der Waals surface area (Å²) in [5, 5.41) is 3.33. The van der Waals surface area contributed by atoms with Crippen LogP contribution in [-0.2, 0) is 4.74 Å². The Labute approximate surface area is 112 Å². The molecular formula is C14H21N3O2. The second-order valence-corrected chi connectivity index (χ2v) is 6.07. The molecule has 0 amide bonds. The molecule has 19 heavy (non-hydrogen) atoms. The van der Waals surface area contributed by atoms with E-state index in [1.807, 2.05) is 0 Å². The van der Waals surface area contributed by atoms with Crippen LogP contribution in [0.4, 0.5) is 5.82 Å². The first-order valence-electron chi connectivity index (χ1n) is 7.08. The average Bonchev–Trinajstić information content (AvgIpc) is 3.21. The summed E-state index contributed by atoms with van der Waals surface area (Å²) in [5.74, 6) is 2.01. The Morgan fingerprint density at radius 3 is 2.89 bits per heavy atom. The van der Waals surface area contributed by atoms with Gasteiger partial charge in [-0.2, -0.15) is 0 Å². The number of aromatic nitrogens is 2. The van der Waals surface area contributed by atoms with Crippen LogP contribution < -0.4 is 10.9 Å². The van der Waals surface area contributed by atoms with E-state index < -0.39 is 0 Å². The minimum Gasteiger partial charge on any atom is -0.381 e. The molecule has 3 rings (SSSR count). The maximum Gasteiger partial charge on any atom is 0.252 e. The van der Waals surface area contributed by atoms with Crippen LogP contribution in [0.2, 0.25) is 0 Å². The Balaban J connectivity index is 1.67. The van der Waals surface area contributed by atoms with E-state index in [9.17, 15) is 4.79 Å². The van der Waals surface area contributed by atoms with E-state index in [1.165, 1.54) is 0 Å². The number of ether oxygens (including phenoxy) is 1. The molecule has 1 aliphatic carbocycles. The van der Waals surface area contributed by atoms with Crippen LogP contribution in [-0.4, -0.2) is 29.7 Å². The maximum atomic E-state index is 11.6. The molecule has 1 aromatic rings. The number of nitrogens with one attached hydrogen (secondary N) is 2. The number of nitrogens with zero attached hydrogens (tertiary/aromatic N) is 1. The third kappa shape index (κ3) is 3.15. The lowest BCUT2D eigenvalue weighted by molar-refractivity contribution is 0.0299. The van der Waals surface area contributed by atoms with E-state index in [-0.39, 0.29) is 11.0 Å². The highest BCUT2D eigenvalue weighted by Gasteiger charge is 2.28. The van der Waals surface area contributed by atoms with Gasteiger partial charge in [-0.3, -0.25) is 4.79 Å². The van der Waals surface area contributed by atoms with Gasteiger partial charge in [-0.1, -0.05) is 6.92 Å². The van der Waals surface area contributed by atoms with Gasteiger partial charge in [0, 0.05) is 31.7 Å². The van der Waals surface area contributed by atoms with Crippen LogP contribution in [0.1, 0.15) is 44.3 Å². The molecule has 1 saturated heterocycles. The molecule has 0 unspecified atom stereocenters. The smallest absolute Gasteiger partial charge is 0.252 e. The average molecular weight is 263 g/mol. The number of H-pyrrole nitrogens is 1. The van der Waals surface area contributed by atoms with Gasteiger partial charge in [0.05, 0.1) is 0 Å². The van der Waals surface area contributed by atoms with Gasteiger partial charge in [-0.25, -0.2) is 4.98 Å². The van der Waals surface area contributed by atoms with Gasteiger partial charge < -0.3 is 15.0 Å². The predicted octanol–water partition coefficient (Wildman–Crippen LogP) is 1.88. The number of aromatic amines is 1. The topological polar surface area (TPSA) is 67.0 Å². The first kappa shape index (κ1) is 12.7. The summed E-state index contributed by atoms with van der Waals surface area (Å²) in [4.78, 5) is 19.0. The standard InChI is InChI=1S/C14H21N3O2/c1-14(4-6-19-7-5-14)9-15-11-8-12(18)17-13(16-11)10-2-3-10/h8,10H,2-7,9H2,1H3,(H2,15,16,17,18). The van der Waals surface area contributed by atoms with Crippen LogP contribution in [0.3, 0.4) is 0 Å². The fraction of sp³-hybridized carbons (Fsp3) is 0.714. The molecule has 1 saturated carbocycles. The van der Waals surface area contributed by atoms with Crippen LogP contribution in [0.25, 0.3) is 0 Å².